The van der Waals surface area contributed by atoms with Crippen molar-refractivity contribution in [3.05, 3.63) is 35.4 Å². The van der Waals surface area contributed by atoms with Gasteiger partial charge in [0.25, 0.3) is 0 Å². The van der Waals surface area contributed by atoms with Gasteiger partial charge in [-0.05, 0) is 43.7 Å². The zero-order chi connectivity index (χ0) is 13.9. The molecule has 1 unspecified atom stereocenters. The van der Waals surface area contributed by atoms with Crippen molar-refractivity contribution in [2.75, 3.05) is 6.54 Å². The molecule has 1 fully saturated rings. The number of rotatable bonds is 6. The number of benzene rings is 1. The third-order valence-electron chi connectivity index (χ3n) is 3.81. The summed E-state index contributed by atoms with van der Waals surface area (Å²) in [4.78, 5) is 11.7. The number of hydrogen-bond donors (Lipinski definition) is 2. The van der Waals surface area contributed by atoms with Crippen LogP contribution in [0.2, 0.25) is 0 Å². The Morgan fingerprint density at radius 2 is 1.89 bits per heavy atom. The molecule has 2 rings (SSSR count). The van der Waals surface area contributed by atoms with Gasteiger partial charge in [-0.25, -0.2) is 0 Å². The molecule has 0 heterocycles. The van der Waals surface area contributed by atoms with Crippen LogP contribution in [-0.2, 0) is 17.6 Å². The van der Waals surface area contributed by atoms with Crippen molar-refractivity contribution in [3.8, 4) is 0 Å². The molecular weight excluding hydrogens is 236 g/mol. The third kappa shape index (κ3) is 4.06. The van der Waals surface area contributed by atoms with Gasteiger partial charge in [-0.2, -0.15) is 0 Å². The van der Waals surface area contributed by atoms with Gasteiger partial charge in [0.1, 0.15) is 0 Å². The minimum atomic E-state index is 0.0232. The van der Waals surface area contributed by atoms with Crippen molar-refractivity contribution >= 4 is 5.91 Å². The molecule has 1 aliphatic carbocycles. The van der Waals surface area contributed by atoms with E-state index >= 15 is 0 Å². The van der Waals surface area contributed by atoms with Crippen molar-refractivity contribution in [2.24, 2.45) is 11.7 Å². The maximum Gasteiger partial charge on any atom is 0.223 e. The minimum Gasteiger partial charge on any atom is -0.356 e. The summed E-state index contributed by atoms with van der Waals surface area (Å²) >= 11 is 0. The van der Waals surface area contributed by atoms with Gasteiger partial charge in [-0.1, -0.05) is 31.2 Å². The average molecular weight is 260 g/mol. The first-order chi connectivity index (χ1) is 9.02. The van der Waals surface area contributed by atoms with Crippen LogP contribution in [-0.4, -0.2) is 18.0 Å². The number of hydrogen-bond acceptors (Lipinski definition) is 2. The van der Waals surface area contributed by atoms with Crippen LogP contribution in [0, 0.1) is 5.92 Å². The second kappa shape index (κ2) is 5.74. The van der Waals surface area contributed by atoms with Gasteiger partial charge in [0.15, 0.2) is 0 Å². The fourth-order valence-corrected chi connectivity index (χ4v) is 2.33. The van der Waals surface area contributed by atoms with E-state index in [4.69, 9.17) is 5.73 Å². The standard InChI is InChI=1S/C16H24N2O/c1-3-18-15(19)12(2)10-13-4-6-14(7-5-13)11-16(17)8-9-16/h4-7,12H,3,8-11,17H2,1-2H3,(H,18,19). The van der Waals surface area contributed by atoms with E-state index in [0.29, 0.717) is 6.54 Å². The summed E-state index contributed by atoms with van der Waals surface area (Å²) in [5.74, 6) is 0.153. The van der Waals surface area contributed by atoms with E-state index in [-0.39, 0.29) is 17.4 Å². The van der Waals surface area contributed by atoms with E-state index in [0.717, 1.165) is 25.7 Å². The summed E-state index contributed by atoms with van der Waals surface area (Å²) in [5, 5.41) is 2.86. The number of nitrogens with one attached hydrogen (secondary N) is 1. The predicted octanol–water partition coefficient (Wildman–Crippen LogP) is 2.04. The van der Waals surface area contributed by atoms with Crippen LogP contribution in [0.1, 0.15) is 37.8 Å². The first-order valence-electron chi connectivity index (χ1n) is 7.17. The maximum atomic E-state index is 11.7. The number of nitrogens with two attached hydrogens (primary N) is 1. The van der Waals surface area contributed by atoms with Gasteiger partial charge in [-0.3, -0.25) is 4.79 Å². The molecule has 0 aromatic heterocycles. The Bertz CT molecular complexity index is 435. The first-order valence-corrected chi connectivity index (χ1v) is 7.17. The topological polar surface area (TPSA) is 55.1 Å². The van der Waals surface area contributed by atoms with Gasteiger partial charge in [0.2, 0.25) is 5.91 Å². The normalized spacial score (nSPS) is 17.8. The second-order valence-corrected chi connectivity index (χ2v) is 5.86. The molecule has 0 bridgehead atoms. The van der Waals surface area contributed by atoms with Crippen molar-refractivity contribution in [3.63, 3.8) is 0 Å². The third-order valence-corrected chi connectivity index (χ3v) is 3.81. The Hall–Kier alpha value is -1.35. The zero-order valence-electron chi connectivity index (χ0n) is 11.9. The summed E-state index contributed by atoms with van der Waals surface area (Å²) in [6, 6.07) is 8.53. The molecule has 3 nitrogen and oxygen atoms in total. The molecule has 1 aliphatic rings. The molecule has 0 aliphatic heterocycles. The van der Waals surface area contributed by atoms with E-state index in [9.17, 15) is 4.79 Å². The minimum absolute atomic E-state index is 0.0232. The molecule has 0 spiro atoms. The number of amides is 1. The molecule has 1 aromatic rings. The van der Waals surface area contributed by atoms with Crippen molar-refractivity contribution in [1.82, 2.24) is 5.32 Å². The molecule has 3 heteroatoms. The molecule has 1 amide bonds. The van der Waals surface area contributed by atoms with Gasteiger partial charge in [0.05, 0.1) is 0 Å². The number of carbonyl (C=O) groups is 1. The highest BCUT2D eigenvalue weighted by atomic mass is 16.1. The summed E-state index contributed by atoms with van der Waals surface area (Å²) in [5.41, 5.74) is 8.70. The second-order valence-electron chi connectivity index (χ2n) is 5.86. The lowest BCUT2D eigenvalue weighted by Crippen LogP contribution is -2.29. The molecule has 0 saturated heterocycles. The van der Waals surface area contributed by atoms with Crippen LogP contribution < -0.4 is 11.1 Å². The van der Waals surface area contributed by atoms with Gasteiger partial charge < -0.3 is 11.1 Å². The van der Waals surface area contributed by atoms with Crippen molar-refractivity contribution in [2.45, 2.75) is 45.1 Å². The van der Waals surface area contributed by atoms with Crippen LogP contribution >= 0.6 is 0 Å². The summed E-state index contributed by atoms with van der Waals surface area (Å²) in [7, 11) is 0. The SMILES string of the molecule is CCNC(=O)C(C)Cc1ccc(CC2(N)CC2)cc1. The van der Waals surface area contributed by atoms with E-state index in [1.54, 1.807) is 0 Å². The van der Waals surface area contributed by atoms with E-state index < -0.39 is 0 Å². The van der Waals surface area contributed by atoms with E-state index in [1.807, 2.05) is 13.8 Å². The molecule has 3 N–H and O–H groups in total. The largest absolute Gasteiger partial charge is 0.356 e. The van der Waals surface area contributed by atoms with E-state index in [2.05, 4.69) is 29.6 Å². The van der Waals surface area contributed by atoms with Crippen LogP contribution in [0.5, 0.6) is 0 Å². The van der Waals surface area contributed by atoms with Crippen LogP contribution in [0.25, 0.3) is 0 Å². The fourth-order valence-electron chi connectivity index (χ4n) is 2.33. The molecule has 19 heavy (non-hydrogen) atoms. The Labute approximate surface area is 115 Å². The van der Waals surface area contributed by atoms with Crippen molar-refractivity contribution in [1.29, 1.82) is 0 Å². The summed E-state index contributed by atoms with van der Waals surface area (Å²) in [6.07, 6.45) is 4.05. The summed E-state index contributed by atoms with van der Waals surface area (Å²) in [6.45, 7) is 4.61. The number of carbonyl (C=O) groups excluding carboxylic acids is 1. The van der Waals surface area contributed by atoms with Crippen molar-refractivity contribution < 1.29 is 4.79 Å². The van der Waals surface area contributed by atoms with Gasteiger partial charge >= 0.3 is 0 Å². The smallest absolute Gasteiger partial charge is 0.223 e. The fraction of sp³-hybridized carbons (Fsp3) is 0.562. The molecule has 104 valence electrons. The Kier molecular flexibility index (Phi) is 4.25. The lowest BCUT2D eigenvalue weighted by atomic mass is 9.97. The Morgan fingerprint density at radius 1 is 1.32 bits per heavy atom. The summed E-state index contributed by atoms with van der Waals surface area (Å²) < 4.78 is 0. The van der Waals surface area contributed by atoms with E-state index in [1.165, 1.54) is 11.1 Å². The molecule has 1 atom stereocenters. The van der Waals surface area contributed by atoms with Crippen LogP contribution in [0.15, 0.2) is 24.3 Å². The monoisotopic (exact) mass is 260 g/mol. The van der Waals surface area contributed by atoms with Crippen LogP contribution in [0.4, 0.5) is 0 Å². The molecule has 1 aromatic carbocycles. The predicted molar refractivity (Wildman–Crippen MR) is 77.9 cm³/mol. The highest BCUT2D eigenvalue weighted by Gasteiger charge is 2.37. The Balaban J connectivity index is 1.89. The van der Waals surface area contributed by atoms with Gasteiger partial charge in [-0.15, -0.1) is 0 Å². The van der Waals surface area contributed by atoms with Gasteiger partial charge in [0, 0.05) is 18.0 Å². The van der Waals surface area contributed by atoms with Crippen LogP contribution in [0.3, 0.4) is 0 Å². The Morgan fingerprint density at radius 3 is 2.42 bits per heavy atom. The highest BCUT2D eigenvalue weighted by Crippen LogP contribution is 2.35. The molecular formula is C16H24N2O. The lowest BCUT2D eigenvalue weighted by Gasteiger charge is -2.12. The highest BCUT2D eigenvalue weighted by molar-refractivity contribution is 5.78. The quantitative estimate of drug-likeness (QED) is 0.822. The first kappa shape index (κ1) is 14.1. The lowest BCUT2D eigenvalue weighted by molar-refractivity contribution is -0.124. The molecule has 1 saturated carbocycles. The molecule has 0 radical (unpaired) electrons. The zero-order valence-corrected chi connectivity index (χ0v) is 11.9. The average Bonchev–Trinajstić information content (AvgIpc) is 3.09. The maximum absolute atomic E-state index is 11.7.